The number of Topliss-reactive ketones (excluding diaryl/α,β-unsaturated/α-hetero) is 1. The number of hydrogen-bond acceptors (Lipinski definition) is 5. The van der Waals surface area contributed by atoms with Gasteiger partial charge in [0.1, 0.15) is 5.76 Å². The summed E-state index contributed by atoms with van der Waals surface area (Å²) in [5, 5.41) is 20.3. The van der Waals surface area contributed by atoms with Crippen molar-refractivity contribution in [2.45, 2.75) is 32.6 Å². The lowest BCUT2D eigenvalue weighted by atomic mass is 9.78. The molecule has 0 radical (unpaired) electrons. The molecule has 0 saturated heterocycles. The maximum atomic E-state index is 13.2. The monoisotopic (exact) mass is 421 g/mol. The molecule has 0 aromatic heterocycles. The van der Waals surface area contributed by atoms with Gasteiger partial charge in [-0.15, -0.1) is 0 Å². The molecule has 5 heteroatoms. The summed E-state index contributed by atoms with van der Waals surface area (Å²) in [6, 6.07) is 15.5. The number of rotatable bonds is 3. The number of nitriles is 1. The second-order valence-electron chi connectivity index (χ2n) is 8.81. The first-order valence-electron chi connectivity index (χ1n) is 10.8. The van der Waals surface area contributed by atoms with E-state index in [9.17, 15) is 15.2 Å². The summed E-state index contributed by atoms with van der Waals surface area (Å²) in [4.78, 5) is 19.7. The highest BCUT2D eigenvalue weighted by molar-refractivity contribution is 6.33. The molecule has 1 N–H and O–H groups in total. The SMILES string of the molecule is CCCN1/C(=C\C2=C(O)C(=C3/C=Nc4ccccc43)/C2=O)C(C)(C)c2cc(C#N)ccc21. The van der Waals surface area contributed by atoms with Crippen LogP contribution in [-0.4, -0.2) is 23.6 Å². The summed E-state index contributed by atoms with van der Waals surface area (Å²) in [6.45, 7) is 7.07. The van der Waals surface area contributed by atoms with Gasteiger partial charge in [0.15, 0.2) is 0 Å². The molecular weight excluding hydrogens is 398 g/mol. The molecule has 5 rings (SSSR count). The highest BCUT2D eigenvalue weighted by atomic mass is 16.3. The summed E-state index contributed by atoms with van der Waals surface area (Å²) >= 11 is 0. The van der Waals surface area contributed by atoms with E-state index in [1.165, 1.54) is 0 Å². The lowest BCUT2D eigenvalue weighted by Gasteiger charge is -2.29. The predicted molar refractivity (Wildman–Crippen MR) is 126 cm³/mol. The zero-order valence-corrected chi connectivity index (χ0v) is 18.3. The maximum absolute atomic E-state index is 13.2. The highest BCUT2D eigenvalue weighted by Gasteiger charge is 2.43. The van der Waals surface area contributed by atoms with Gasteiger partial charge in [0.25, 0.3) is 0 Å². The maximum Gasteiger partial charge on any atom is 0.201 e. The molecule has 2 aromatic rings. The van der Waals surface area contributed by atoms with Crippen LogP contribution >= 0.6 is 0 Å². The van der Waals surface area contributed by atoms with Crippen molar-refractivity contribution in [2.24, 2.45) is 4.99 Å². The summed E-state index contributed by atoms with van der Waals surface area (Å²) in [6.07, 6.45) is 4.40. The second kappa shape index (κ2) is 7.06. The van der Waals surface area contributed by atoms with E-state index in [2.05, 4.69) is 36.7 Å². The molecule has 2 aromatic carbocycles. The van der Waals surface area contributed by atoms with Crippen molar-refractivity contribution in [2.75, 3.05) is 11.4 Å². The number of aliphatic hydroxyl groups is 1. The van der Waals surface area contributed by atoms with Crippen LogP contribution in [0, 0.1) is 11.3 Å². The van der Waals surface area contributed by atoms with E-state index in [1.807, 2.05) is 48.5 Å². The van der Waals surface area contributed by atoms with Gasteiger partial charge in [0.05, 0.1) is 28.5 Å². The molecule has 32 heavy (non-hydrogen) atoms. The number of fused-ring (bicyclic) bond motifs is 2. The quantitative estimate of drug-likeness (QED) is 0.663. The number of aliphatic imine (C=N–C) groups is 1. The third kappa shape index (κ3) is 2.69. The fourth-order valence-corrected chi connectivity index (χ4v) is 4.83. The minimum Gasteiger partial charge on any atom is -0.506 e. The molecule has 1 aliphatic carbocycles. The van der Waals surface area contributed by atoms with Gasteiger partial charge in [-0.2, -0.15) is 5.26 Å². The Kier molecular flexibility index (Phi) is 4.42. The van der Waals surface area contributed by atoms with Crippen LogP contribution in [0.2, 0.25) is 0 Å². The van der Waals surface area contributed by atoms with Gasteiger partial charge in [0.2, 0.25) is 5.78 Å². The van der Waals surface area contributed by atoms with Gasteiger partial charge in [-0.1, -0.05) is 39.0 Å². The molecule has 3 aliphatic rings. The van der Waals surface area contributed by atoms with E-state index in [0.717, 1.165) is 41.2 Å². The van der Waals surface area contributed by atoms with E-state index in [1.54, 1.807) is 6.21 Å². The number of nitrogens with zero attached hydrogens (tertiary/aromatic N) is 3. The number of allylic oxidation sites excluding steroid dienone is 5. The number of carbonyl (C=O) groups is 1. The van der Waals surface area contributed by atoms with E-state index >= 15 is 0 Å². The lowest BCUT2D eigenvalue weighted by molar-refractivity contribution is -0.113. The normalized spacial score (nSPS) is 21.6. The van der Waals surface area contributed by atoms with Gasteiger partial charge >= 0.3 is 0 Å². The van der Waals surface area contributed by atoms with Crippen LogP contribution in [0.1, 0.15) is 43.9 Å². The summed E-state index contributed by atoms with van der Waals surface area (Å²) in [5.41, 5.74) is 6.24. The first-order chi connectivity index (χ1) is 15.4. The third-order valence-electron chi connectivity index (χ3n) is 6.51. The minimum atomic E-state index is -0.408. The van der Waals surface area contributed by atoms with Gasteiger partial charge in [0, 0.05) is 40.7 Å². The Bertz CT molecular complexity index is 1350. The Hall–Kier alpha value is -3.91. The van der Waals surface area contributed by atoms with Crippen LogP contribution in [0.3, 0.4) is 0 Å². The molecule has 0 bridgehead atoms. The molecule has 158 valence electrons. The molecule has 0 saturated carbocycles. The summed E-state index contributed by atoms with van der Waals surface area (Å²) < 4.78 is 0. The zero-order valence-electron chi connectivity index (χ0n) is 18.3. The van der Waals surface area contributed by atoms with Gasteiger partial charge in [-0.05, 0) is 42.3 Å². The Morgan fingerprint density at radius 1 is 1.22 bits per heavy atom. The smallest absolute Gasteiger partial charge is 0.201 e. The number of carbonyl (C=O) groups excluding carboxylic acids is 1. The molecule has 2 aliphatic heterocycles. The van der Waals surface area contributed by atoms with Crippen LogP contribution in [0.25, 0.3) is 5.57 Å². The number of benzene rings is 2. The molecule has 5 nitrogen and oxygen atoms in total. The third-order valence-corrected chi connectivity index (χ3v) is 6.51. The zero-order chi connectivity index (χ0) is 22.6. The van der Waals surface area contributed by atoms with Crippen molar-refractivity contribution in [1.82, 2.24) is 0 Å². The molecule has 2 heterocycles. The van der Waals surface area contributed by atoms with Crippen LogP contribution in [0.15, 0.2) is 76.1 Å². The van der Waals surface area contributed by atoms with E-state index in [0.29, 0.717) is 22.3 Å². The minimum absolute atomic E-state index is 0.0153. The number of para-hydroxylation sites is 1. The average Bonchev–Trinajstić information content (AvgIpc) is 3.29. The molecule has 0 amide bonds. The topological polar surface area (TPSA) is 76.7 Å². The van der Waals surface area contributed by atoms with E-state index in [-0.39, 0.29) is 11.5 Å². The summed E-state index contributed by atoms with van der Waals surface area (Å²) in [7, 11) is 0. The van der Waals surface area contributed by atoms with E-state index in [4.69, 9.17) is 0 Å². The first-order valence-corrected chi connectivity index (χ1v) is 10.8. The number of anilines is 1. The second-order valence-corrected chi connectivity index (χ2v) is 8.81. The Labute approximate surface area is 187 Å². The molecule has 0 spiro atoms. The largest absolute Gasteiger partial charge is 0.506 e. The Morgan fingerprint density at radius 3 is 2.72 bits per heavy atom. The predicted octanol–water partition coefficient (Wildman–Crippen LogP) is 5.51. The molecule has 0 unspecified atom stereocenters. The number of aliphatic hydroxyl groups excluding tert-OH is 1. The number of hydrogen-bond donors (Lipinski definition) is 1. The van der Waals surface area contributed by atoms with Gasteiger partial charge in [-0.3, -0.25) is 9.79 Å². The van der Waals surface area contributed by atoms with Crippen molar-refractivity contribution < 1.29 is 9.90 Å². The lowest BCUT2D eigenvalue weighted by Crippen LogP contribution is -2.29. The van der Waals surface area contributed by atoms with Crippen LogP contribution in [0.4, 0.5) is 11.4 Å². The summed E-state index contributed by atoms with van der Waals surface area (Å²) in [5.74, 6) is -0.157. The number of ketones is 1. The van der Waals surface area contributed by atoms with Gasteiger partial charge in [-0.25, -0.2) is 0 Å². The fourth-order valence-electron chi connectivity index (χ4n) is 4.83. The van der Waals surface area contributed by atoms with Crippen LogP contribution in [0.5, 0.6) is 0 Å². The van der Waals surface area contributed by atoms with Crippen LogP contribution < -0.4 is 4.90 Å². The van der Waals surface area contributed by atoms with Gasteiger partial charge < -0.3 is 10.0 Å². The molecular formula is C27H23N3O2. The fraction of sp³-hybridized carbons (Fsp3) is 0.222. The standard InChI is InChI=1S/C27H23N3O2/c1-4-11-30-22-10-9-16(14-28)12-20(22)27(2,3)23(30)13-18-25(31)24(26(18)32)19-15-29-21-8-6-5-7-17(19)21/h5-10,12-13,15,31H,4,11H2,1-3H3/b23-13-,24-19+. The first kappa shape index (κ1) is 20.0. The van der Waals surface area contributed by atoms with Crippen molar-refractivity contribution in [3.8, 4) is 6.07 Å². The molecule has 0 atom stereocenters. The Morgan fingerprint density at radius 2 is 2.00 bits per heavy atom. The van der Waals surface area contributed by atoms with E-state index < -0.39 is 5.41 Å². The van der Waals surface area contributed by atoms with Crippen molar-refractivity contribution in [3.05, 3.63) is 87.8 Å². The van der Waals surface area contributed by atoms with Crippen molar-refractivity contribution in [1.29, 1.82) is 5.26 Å². The molecule has 0 fully saturated rings. The highest BCUT2D eigenvalue weighted by Crippen LogP contribution is 2.50. The Balaban J connectivity index is 1.62. The average molecular weight is 422 g/mol. The van der Waals surface area contributed by atoms with Crippen LogP contribution in [-0.2, 0) is 10.2 Å². The van der Waals surface area contributed by atoms with Crippen molar-refractivity contribution in [3.63, 3.8) is 0 Å². The van der Waals surface area contributed by atoms with Crippen molar-refractivity contribution >= 4 is 28.9 Å².